The first-order chi connectivity index (χ1) is 9.31. The molecule has 2 rings (SSSR count). The molecule has 5 heteroatoms. The third-order valence-corrected chi connectivity index (χ3v) is 2.98. The molecule has 1 aromatic heterocycles. The standard InChI is InChI=1S/C14H19N3O2/c1-12-6-2-3-7-14(12)19-9-5-4-8-17-13(11-18)10-15-16-17/h2-3,6-7,10,18H,4-5,8-9,11H2,1H3. The largest absolute Gasteiger partial charge is 0.493 e. The first-order valence-electron chi connectivity index (χ1n) is 6.48. The number of aliphatic hydroxyl groups is 1. The first-order valence-corrected chi connectivity index (χ1v) is 6.48. The highest BCUT2D eigenvalue weighted by Crippen LogP contribution is 2.16. The summed E-state index contributed by atoms with van der Waals surface area (Å²) in [5.41, 5.74) is 1.90. The molecule has 0 saturated heterocycles. The normalized spacial score (nSPS) is 10.6. The highest BCUT2D eigenvalue weighted by atomic mass is 16.5. The highest BCUT2D eigenvalue weighted by Gasteiger charge is 2.02. The van der Waals surface area contributed by atoms with E-state index in [1.165, 1.54) is 0 Å². The Morgan fingerprint density at radius 3 is 2.89 bits per heavy atom. The molecule has 1 heterocycles. The van der Waals surface area contributed by atoms with Gasteiger partial charge < -0.3 is 9.84 Å². The van der Waals surface area contributed by atoms with Gasteiger partial charge in [-0.3, -0.25) is 0 Å². The Morgan fingerprint density at radius 1 is 1.26 bits per heavy atom. The fourth-order valence-electron chi connectivity index (χ4n) is 1.85. The first kappa shape index (κ1) is 13.5. The molecule has 0 unspecified atom stereocenters. The van der Waals surface area contributed by atoms with Crippen LogP contribution in [0.15, 0.2) is 30.5 Å². The number of unbranched alkanes of at least 4 members (excludes halogenated alkanes) is 1. The predicted octanol–water partition coefficient (Wildman–Crippen LogP) is 1.94. The lowest BCUT2D eigenvalue weighted by atomic mass is 10.2. The molecule has 0 aliphatic rings. The number of hydrogen-bond acceptors (Lipinski definition) is 4. The third kappa shape index (κ3) is 3.79. The van der Waals surface area contributed by atoms with Crippen LogP contribution in [0.2, 0.25) is 0 Å². The van der Waals surface area contributed by atoms with E-state index in [0.717, 1.165) is 36.4 Å². The molecule has 0 aliphatic heterocycles. The summed E-state index contributed by atoms with van der Waals surface area (Å²) in [6.45, 7) is 3.46. The van der Waals surface area contributed by atoms with E-state index in [1.54, 1.807) is 10.9 Å². The summed E-state index contributed by atoms with van der Waals surface area (Å²) in [4.78, 5) is 0. The van der Waals surface area contributed by atoms with Crippen molar-refractivity contribution in [3.05, 3.63) is 41.7 Å². The molecular weight excluding hydrogens is 242 g/mol. The van der Waals surface area contributed by atoms with Crippen LogP contribution in [-0.4, -0.2) is 26.7 Å². The average Bonchev–Trinajstić information content (AvgIpc) is 2.88. The van der Waals surface area contributed by atoms with Crippen molar-refractivity contribution >= 4 is 0 Å². The second kappa shape index (κ2) is 6.89. The minimum atomic E-state index is -0.0211. The smallest absolute Gasteiger partial charge is 0.122 e. The summed E-state index contributed by atoms with van der Waals surface area (Å²) in [7, 11) is 0. The van der Waals surface area contributed by atoms with Gasteiger partial charge in [0.25, 0.3) is 0 Å². The van der Waals surface area contributed by atoms with Crippen molar-refractivity contribution in [2.24, 2.45) is 0 Å². The molecule has 0 fully saturated rings. The number of benzene rings is 1. The molecule has 2 aromatic rings. The number of aliphatic hydroxyl groups excluding tert-OH is 1. The monoisotopic (exact) mass is 261 g/mol. The molecule has 0 spiro atoms. The summed E-state index contributed by atoms with van der Waals surface area (Å²) >= 11 is 0. The Bertz CT molecular complexity index is 511. The van der Waals surface area contributed by atoms with E-state index in [1.807, 2.05) is 31.2 Å². The van der Waals surface area contributed by atoms with Gasteiger partial charge in [-0.2, -0.15) is 0 Å². The number of para-hydroxylation sites is 1. The van der Waals surface area contributed by atoms with Gasteiger partial charge in [-0.05, 0) is 31.4 Å². The lowest BCUT2D eigenvalue weighted by Crippen LogP contribution is -2.07. The zero-order valence-electron chi connectivity index (χ0n) is 11.1. The Balaban J connectivity index is 1.69. The number of aromatic nitrogens is 3. The Labute approximate surface area is 112 Å². The lowest BCUT2D eigenvalue weighted by Gasteiger charge is -2.09. The predicted molar refractivity (Wildman–Crippen MR) is 71.9 cm³/mol. The number of hydrogen-bond donors (Lipinski definition) is 1. The minimum Gasteiger partial charge on any atom is -0.493 e. The van der Waals surface area contributed by atoms with E-state index in [0.29, 0.717) is 6.61 Å². The maximum absolute atomic E-state index is 9.06. The van der Waals surface area contributed by atoms with Crippen molar-refractivity contribution in [3.63, 3.8) is 0 Å². The van der Waals surface area contributed by atoms with Crippen molar-refractivity contribution in [2.75, 3.05) is 6.61 Å². The number of rotatable bonds is 7. The van der Waals surface area contributed by atoms with Crippen LogP contribution < -0.4 is 4.74 Å². The van der Waals surface area contributed by atoms with Crippen LogP contribution in [0.1, 0.15) is 24.1 Å². The van der Waals surface area contributed by atoms with Gasteiger partial charge in [0.1, 0.15) is 5.75 Å². The Kier molecular flexibility index (Phi) is 4.92. The quantitative estimate of drug-likeness (QED) is 0.774. The third-order valence-electron chi connectivity index (χ3n) is 2.98. The summed E-state index contributed by atoms with van der Waals surface area (Å²) in [6.07, 6.45) is 3.48. The summed E-state index contributed by atoms with van der Waals surface area (Å²) in [6, 6.07) is 8.00. The topological polar surface area (TPSA) is 60.2 Å². The fourth-order valence-corrected chi connectivity index (χ4v) is 1.85. The van der Waals surface area contributed by atoms with Crippen LogP contribution in [0, 0.1) is 6.92 Å². The molecule has 0 atom stereocenters. The van der Waals surface area contributed by atoms with E-state index in [-0.39, 0.29) is 6.61 Å². The molecule has 0 amide bonds. The van der Waals surface area contributed by atoms with Crippen molar-refractivity contribution < 1.29 is 9.84 Å². The van der Waals surface area contributed by atoms with Crippen molar-refractivity contribution in [1.29, 1.82) is 0 Å². The molecular formula is C14H19N3O2. The number of ether oxygens (including phenoxy) is 1. The molecule has 19 heavy (non-hydrogen) atoms. The van der Waals surface area contributed by atoms with Gasteiger partial charge in [-0.25, -0.2) is 4.68 Å². The molecule has 0 aliphatic carbocycles. The van der Waals surface area contributed by atoms with Crippen LogP contribution in [0.3, 0.4) is 0 Å². The van der Waals surface area contributed by atoms with Gasteiger partial charge in [-0.15, -0.1) is 5.10 Å². The molecule has 5 nitrogen and oxygen atoms in total. The zero-order chi connectivity index (χ0) is 13.5. The van der Waals surface area contributed by atoms with Gasteiger partial charge >= 0.3 is 0 Å². The summed E-state index contributed by atoms with van der Waals surface area (Å²) in [5.74, 6) is 0.944. The minimum absolute atomic E-state index is 0.0211. The molecule has 0 radical (unpaired) electrons. The van der Waals surface area contributed by atoms with E-state index in [4.69, 9.17) is 9.84 Å². The second-order valence-corrected chi connectivity index (χ2v) is 4.43. The van der Waals surface area contributed by atoms with E-state index in [9.17, 15) is 0 Å². The fraction of sp³-hybridized carbons (Fsp3) is 0.429. The van der Waals surface area contributed by atoms with Gasteiger partial charge in [0.2, 0.25) is 0 Å². The van der Waals surface area contributed by atoms with Crippen molar-refractivity contribution in [2.45, 2.75) is 32.9 Å². The molecule has 102 valence electrons. The molecule has 1 N–H and O–H groups in total. The maximum Gasteiger partial charge on any atom is 0.122 e. The lowest BCUT2D eigenvalue weighted by molar-refractivity contribution is 0.264. The molecule has 1 aromatic carbocycles. The number of nitrogens with zero attached hydrogens (tertiary/aromatic N) is 3. The second-order valence-electron chi connectivity index (χ2n) is 4.43. The van der Waals surface area contributed by atoms with E-state index < -0.39 is 0 Å². The SMILES string of the molecule is Cc1ccccc1OCCCCn1nncc1CO. The van der Waals surface area contributed by atoms with Crippen LogP contribution in [0.4, 0.5) is 0 Å². The highest BCUT2D eigenvalue weighted by molar-refractivity contribution is 5.31. The van der Waals surface area contributed by atoms with Crippen LogP contribution in [0.25, 0.3) is 0 Å². The van der Waals surface area contributed by atoms with Gasteiger partial charge in [0.05, 0.1) is 25.1 Å². The van der Waals surface area contributed by atoms with Gasteiger partial charge in [-0.1, -0.05) is 23.4 Å². The van der Waals surface area contributed by atoms with Crippen molar-refractivity contribution in [1.82, 2.24) is 15.0 Å². The Hall–Kier alpha value is -1.88. The van der Waals surface area contributed by atoms with Crippen LogP contribution in [-0.2, 0) is 13.2 Å². The average molecular weight is 261 g/mol. The molecule has 0 saturated carbocycles. The molecule has 0 bridgehead atoms. The zero-order valence-corrected chi connectivity index (χ0v) is 11.1. The van der Waals surface area contributed by atoms with Crippen LogP contribution >= 0.6 is 0 Å². The summed E-state index contributed by atoms with van der Waals surface area (Å²) < 4.78 is 7.45. The summed E-state index contributed by atoms with van der Waals surface area (Å²) in [5, 5.41) is 16.8. The van der Waals surface area contributed by atoms with E-state index in [2.05, 4.69) is 10.3 Å². The maximum atomic E-state index is 9.06. The van der Waals surface area contributed by atoms with Gasteiger partial charge in [0, 0.05) is 6.54 Å². The number of aryl methyl sites for hydroxylation is 2. The van der Waals surface area contributed by atoms with Crippen molar-refractivity contribution in [3.8, 4) is 5.75 Å². The van der Waals surface area contributed by atoms with E-state index >= 15 is 0 Å². The van der Waals surface area contributed by atoms with Gasteiger partial charge in [0.15, 0.2) is 0 Å². The van der Waals surface area contributed by atoms with Crippen LogP contribution in [0.5, 0.6) is 5.75 Å². The Morgan fingerprint density at radius 2 is 2.11 bits per heavy atom.